The van der Waals surface area contributed by atoms with E-state index in [1.165, 1.54) is 0 Å². The van der Waals surface area contributed by atoms with Crippen molar-refractivity contribution in [2.24, 2.45) is 0 Å². The van der Waals surface area contributed by atoms with Crippen molar-refractivity contribution >= 4 is 0 Å². The van der Waals surface area contributed by atoms with Gasteiger partial charge in [0, 0.05) is 43.5 Å². The monoisotopic (exact) mass is 424 g/mol. The zero-order chi connectivity index (χ0) is 21.5. The predicted octanol–water partition coefficient (Wildman–Crippen LogP) is 3.69. The summed E-state index contributed by atoms with van der Waals surface area (Å²) in [6.07, 6.45) is 1.10. The summed E-state index contributed by atoms with van der Waals surface area (Å²) in [6.45, 7) is 8.83. The smallest absolute Gasteiger partial charge is 0.376 e. The maximum atomic E-state index is 12.7. The van der Waals surface area contributed by atoms with Gasteiger partial charge in [-0.2, -0.15) is 18.3 Å². The molecule has 0 amide bonds. The Labute approximate surface area is 173 Å². The lowest BCUT2D eigenvalue weighted by molar-refractivity contribution is -0.144. The number of morpholine rings is 1. The van der Waals surface area contributed by atoms with E-state index in [1.807, 2.05) is 18.5 Å². The van der Waals surface area contributed by atoms with Gasteiger partial charge in [0.25, 0.3) is 0 Å². The second kappa shape index (κ2) is 8.22. The molecule has 164 valence electrons. The van der Waals surface area contributed by atoms with Gasteiger partial charge in [-0.15, -0.1) is 0 Å². The molecule has 30 heavy (non-hydrogen) atoms. The van der Waals surface area contributed by atoms with E-state index >= 15 is 0 Å². The number of aromatic nitrogens is 5. The van der Waals surface area contributed by atoms with Gasteiger partial charge in [-0.25, -0.2) is 19.6 Å². The Morgan fingerprint density at radius 1 is 1.17 bits per heavy atom. The van der Waals surface area contributed by atoms with Crippen LogP contribution in [0.1, 0.15) is 63.6 Å². The van der Waals surface area contributed by atoms with Gasteiger partial charge in [-0.05, 0) is 40.0 Å². The van der Waals surface area contributed by atoms with Gasteiger partial charge in [-0.3, -0.25) is 4.90 Å². The molecule has 4 rings (SSSR count). The molecule has 3 heterocycles. The summed E-state index contributed by atoms with van der Waals surface area (Å²) in [6, 6.07) is 0.593. The van der Waals surface area contributed by atoms with Crippen LogP contribution < -0.4 is 0 Å². The quantitative estimate of drug-likeness (QED) is 0.746. The normalized spacial score (nSPS) is 25.9. The highest BCUT2D eigenvalue weighted by Crippen LogP contribution is 2.38. The highest BCUT2D eigenvalue weighted by molar-refractivity contribution is 5.51. The second-order valence-corrected chi connectivity index (χ2v) is 8.47. The van der Waals surface area contributed by atoms with Gasteiger partial charge < -0.3 is 4.74 Å². The van der Waals surface area contributed by atoms with Crippen LogP contribution in [0.3, 0.4) is 0 Å². The minimum Gasteiger partial charge on any atom is -0.376 e. The summed E-state index contributed by atoms with van der Waals surface area (Å²) in [5.74, 6) is 0.375. The zero-order valence-corrected chi connectivity index (χ0v) is 17.4. The van der Waals surface area contributed by atoms with Crippen LogP contribution in [0.5, 0.6) is 0 Å². The molecule has 10 heteroatoms. The first-order valence-corrected chi connectivity index (χ1v) is 10.4. The first-order valence-electron chi connectivity index (χ1n) is 10.4. The van der Waals surface area contributed by atoms with Crippen LogP contribution in [0, 0.1) is 0 Å². The third-order valence-electron chi connectivity index (χ3n) is 5.87. The summed E-state index contributed by atoms with van der Waals surface area (Å²) < 4.78 is 45.8. The number of ether oxygens (including phenoxy) is 1. The number of nitrogens with zero attached hydrogens (tertiary/aromatic N) is 6. The second-order valence-electron chi connectivity index (χ2n) is 8.47. The minimum atomic E-state index is -4.57. The van der Waals surface area contributed by atoms with Crippen LogP contribution in [0.25, 0.3) is 11.4 Å². The molecule has 0 unspecified atom stereocenters. The average Bonchev–Trinajstić information content (AvgIpc) is 3.35. The lowest BCUT2D eigenvalue weighted by Gasteiger charge is -2.35. The highest BCUT2D eigenvalue weighted by atomic mass is 19.4. The van der Waals surface area contributed by atoms with Crippen molar-refractivity contribution in [1.82, 2.24) is 29.6 Å². The summed E-state index contributed by atoms with van der Waals surface area (Å²) in [5.41, 5.74) is 0.389. The molecule has 0 aromatic carbocycles. The maximum absolute atomic E-state index is 12.7. The maximum Gasteiger partial charge on any atom is 0.451 e. The van der Waals surface area contributed by atoms with Crippen molar-refractivity contribution in [3.8, 4) is 11.4 Å². The van der Waals surface area contributed by atoms with E-state index < -0.39 is 12.0 Å². The lowest BCUT2D eigenvalue weighted by atomic mass is 10.1. The molecule has 2 aromatic rings. The van der Waals surface area contributed by atoms with Crippen molar-refractivity contribution < 1.29 is 17.9 Å². The molecule has 1 saturated carbocycles. The molecule has 0 spiro atoms. The topological polar surface area (TPSA) is 69.0 Å². The van der Waals surface area contributed by atoms with E-state index in [0.29, 0.717) is 17.4 Å². The van der Waals surface area contributed by atoms with E-state index in [1.54, 1.807) is 0 Å². The van der Waals surface area contributed by atoms with Crippen LogP contribution in [0.15, 0.2) is 12.4 Å². The third kappa shape index (κ3) is 4.34. The molecule has 2 aromatic heterocycles. The van der Waals surface area contributed by atoms with Crippen LogP contribution in [-0.4, -0.2) is 61.5 Å². The average molecular weight is 424 g/mol. The third-order valence-corrected chi connectivity index (χ3v) is 5.87. The standard InChI is InChI=1S/C20H27F3N6O/c1-12(2)29-18(14-4-5-16(8-14)28-6-7-30-13(3)11-28)26-17(27-29)15-9-24-19(25-10-15)20(21,22)23/h9-10,12-14,16H,4-8,11H2,1-3H3/t13-,14-,16-/m1/s1. The zero-order valence-electron chi connectivity index (χ0n) is 17.4. The van der Waals surface area contributed by atoms with Crippen LogP contribution in [0.4, 0.5) is 13.2 Å². The molecule has 2 fully saturated rings. The van der Waals surface area contributed by atoms with Crippen molar-refractivity contribution in [3.05, 3.63) is 24.0 Å². The molecule has 1 saturated heterocycles. The van der Waals surface area contributed by atoms with E-state index in [0.717, 1.165) is 57.2 Å². The van der Waals surface area contributed by atoms with E-state index in [2.05, 4.69) is 26.9 Å². The Morgan fingerprint density at radius 3 is 2.53 bits per heavy atom. The van der Waals surface area contributed by atoms with Crippen LogP contribution in [0.2, 0.25) is 0 Å². The molecule has 1 aliphatic carbocycles. The first-order chi connectivity index (χ1) is 14.2. The number of alkyl halides is 3. The SMILES string of the molecule is CC(C)n1nc(-c2cnc(C(F)(F)F)nc2)nc1[C@@H]1CC[C@@H](N2CCO[C@H](C)C2)C1. The van der Waals surface area contributed by atoms with Gasteiger partial charge in [-0.1, -0.05) is 0 Å². The lowest BCUT2D eigenvalue weighted by Crippen LogP contribution is -2.45. The van der Waals surface area contributed by atoms with Crippen LogP contribution in [-0.2, 0) is 10.9 Å². The van der Waals surface area contributed by atoms with E-state index in [4.69, 9.17) is 9.72 Å². The number of hydrogen-bond donors (Lipinski definition) is 0. The van der Waals surface area contributed by atoms with Gasteiger partial charge in [0.05, 0.1) is 18.3 Å². The largest absolute Gasteiger partial charge is 0.451 e. The minimum absolute atomic E-state index is 0.0964. The predicted molar refractivity (Wildman–Crippen MR) is 104 cm³/mol. The van der Waals surface area contributed by atoms with Gasteiger partial charge in [0.1, 0.15) is 5.82 Å². The highest BCUT2D eigenvalue weighted by Gasteiger charge is 2.36. The van der Waals surface area contributed by atoms with Gasteiger partial charge in [0.2, 0.25) is 5.82 Å². The Bertz CT molecular complexity index is 866. The molecular weight excluding hydrogens is 397 g/mol. The first kappa shape index (κ1) is 21.2. The number of halogens is 3. The van der Waals surface area contributed by atoms with Crippen molar-refractivity contribution in [3.63, 3.8) is 0 Å². The fourth-order valence-corrected chi connectivity index (χ4v) is 4.41. The molecular formula is C20H27F3N6O. The van der Waals surface area contributed by atoms with Crippen LogP contribution >= 0.6 is 0 Å². The van der Waals surface area contributed by atoms with E-state index in [9.17, 15) is 13.2 Å². The van der Waals surface area contributed by atoms with E-state index in [-0.39, 0.29) is 18.1 Å². The molecule has 0 bridgehead atoms. The van der Waals surface area contributed by atoms with Crippen molar-refractivity contribution in [2.75, 3.05) is 19.7 Å². The molecule has 2 aliphatic rings. The van der Waals surface area contributed by atoms with Gasteiger partial charge in [0.15, 0.2) is 5.82 Å². The summed E-state index contributed by atoms with van der Waals surface area (Å²) in [4.78, 5) is 14.1. The molecule has 3 atom stereocenters. The molecule has 0 radical (unpaired) electrons. The summed E-state index contributed by atoms with van der Waals surface area (Å²) in [5, 5.41) is 4.58. The number of hydrogen-bond acceptors (Lipinski definition) is 6. The molecule has 1 aliphatic heterocycles. The Hall–Kier alpha value is -2.07. The summed E-state index contributed by atoms with van der Waals surface area (Å²) in [7, 11) is 0. The van der Waals surface area contributed by atoms with Crippen molar-refractivity contribution in [1.29, 1.82) is 0 Å². The Balaban J connectivity index is 1.55. The number of rotatable bonds is 4. The Morgan fingerprint density at radius 2 is 1.90 bits per heavy atom. The summed E-state index contributed by atoms with van der Waals surface area (Å²) >= 11 is 0. The molecule has 0 N–H and O–H groups in total. The fraction of sp³-hybridized carbons (Fsp3) is 0.700. The van der Waals surface area contributed by atoms with Gasteiger partial charge >= 0.3 is 6.18 Å². The molecule has 7 nitrogen and oxygen atoms in total. The Kier molecular flexibility index (Phi) is 5.80. The van der Waals surface area contributed by atoms with Crippen molar-refractivity contribution in [2.45, 2.75) is 70.3 Å². The fourth-order valence-electron chi connectivity index (χ4n) is 4.41.